The quantitative estimate of drug-likeness (QED) is 0.248. The van der Waals surface area contributed by atoms with Crippen molar-refractivity contribution in [3.05, 3.63) is 60.7 Å². The number of anilines is 1. The van der Waals surface area contributed by atoms with Crippen LogP contribution in [0.4, 0.5) is 5.69 Å². The van der Waals surface area contributed by atoms with E-state index in [0.717, 1.165) is 58.1 Å². The van der Waals surface area contributed by atoms with Crippen molar-refractivity contribution in [3.63, 3.8) is 0 Å². The van der Waals surface area contributed by atoms with Gasteiger partial charge in [-0.25, -0.2) is 0 Å². The van der Waals surface area contributed by atoms with Gasteiger partial charge in [0.1, 0.15) is 5.75 Å². The molecule has 0 unspecified atom stereocenters. The zero-order valence-corrected chi connectivity index (χ0v) is 27.4. The number of ether oxygens (including phenoxy) is 3. The van der Waals surface area contributed by atoms with E-state index in [9.17, 15) is 0 Å². The fraction of sp³-hybridized carbons (Fsp3) is 0.647. The molecule has 0 saturated carbocycles. The minimum absolute atomic E-state index is 0.682. The maximum Gasteiger partial charge on any atom is 0.119 e. The topological polar surface area (TPSA) is 34.2 Å². The first-order valence-electron chi connectivity index (χ1n) is 15.6. The summed E-state index contributed by atoms with van der Waals surface area (Å²) < 4.78 is 16.0. The van der Waals surface area contributed by atoms with Gasteiger partial charge in [0.05, 0.1) is 26.4 Å². The third-order valence-corrected chi connectivity index (χ3v) is 5.24. The molecule has 1 heterocycles. The Balaban J connectivity index is -0.000000559. The Hall–Kier alpha value is -2.08. The van der Waals surface area contributed by atoms with Crippen LogP contribution in [0.25, 0.3) is 0 Å². The smallest absolute Gasteiger partial charge is 0.119 e. The lowest BCUT2D eigenvalue weighted by atomic mass is 10.2. The number of piperazine rings is 1. The fourth-order valence-corrected chi connectivity index (χ4v) is 3.37. The first kappa shape index (κ1) is 41.4. The summed E-state index contributed by atoms with van der Waals surface area (Å²) >= 11 is 0. The average Bonchev–Trinajstić information content (AvgIpc) is 3.05. The summed E-state index contributed by atoms with van der Waals surface area (Å²) in [6.45, 7) is 26.7. The van der Waals surface area contributed by atoms with Crippen LogP contribution in [0.1, 0.15) is 81.6 Å². The van der Waals surface area contributed by atoms with E-state index in [2.05, 4.69) is 47.1 Å². The van der Waals surface area contributed by atoms with Crippen LogP contribution in [0, 0.1) is 0 Å². The molecule has 2 aromatic carbocycles. The normalized spacial score (nSPS) is 11.8. The third kappa shape index (κ3) is 24.7. The summed E-state index contributed by atoms with van der Waals surface area (Å²) in [5.74, 6) is 0.980. The first-order valence-corrected chi connectivity index (χ1v) is 15.6. The van der Waals surface area contributed by atoms with Crippen molar-refractivity contribution >= 4 is 5.69 Å². The van der Waals surface area contributed by atoms with Crippen molar-refractivity contribution in [2.24, 2.45) is 0 Å². The van der Waals surface area contributed by atoms with E-state index >= 15 is 0 Å². The van der Waals surface area contributed by atoms with Crippen LogP contribution in [0.2, 0.25) is 0 Å². The fourth-order valence-electron chi connectivity index (χ4n) is 3.37. The van der Waals surface area contributed by atoms with Crippen LogP contribution in [-0.4, -0.2) is 71.2 Å². The number of hydrogen-bond acceptors (Lipinski definition) is 5. The number of para-hydroxylation sites is 2. The van der Waals surface area contributed by atoms with Gasteiger partial charge in [-0.3, -0.25) is 4.90 Å². The first-order chi connectivity index (χ1) is 19.3. The van der Waals surface area contributed by atoms with Gasteiger partial charge in [-0.1, -0.05) is 112 Å². The van der Waals surface area contributed by atoms with Crippen LogP contribution in [0.5, 0.6) is 5.75 Å². The van der Waals surface area contributed by atoms with E-state index in [1.165, 1.54) is 18.5 Å². The molecule has 0 radical (unpaired) electrons. The predicted octanol–water partition coefficient (Wildman–Crippen LogP) is 8.83. The lowest BCUT2D eigenvalue weighted by Crippen LogP contribution is -2.47. The molecule has 39 heavy (non-hydrogen) atoms. The van der Waals surface area contributed by atoms with Crippen molar-refractivity contribution in [2.45, 2.75) is 81.6 Å². The van der Waals surface area contributed by atoms with E-state index in [-0.39, 0.29) is 0 Å². The summed E-state index contributed by atoms with van der Waals surface area (Å²) in [7, 11) is 1.70. The Kier molecular flexibility index (Phi) is 38.1. The Labute approximate surface area is 243 Å². The van der Waals surface area contributed by atoms with E-state index in [1.54, 1.807) is 7.11 Å². The molecule has 3 rings (SSSR count). The van der Waals surface area contributed by atoms with Crippen molar-refractivity contribution in [2.75, 3.05) is 71.2 Å². The molecule has 228 valence electrons. The minimum atomic E-state index is 0.682. The molecule has 0 aliphatic carbocycles. The van der Waals surface area contributed by atoms with Gasteiger partial charge in [-0.05, 0) is 30.7 Å². The molecule has 2 aromatic rings. The second-order valence-corrected chi connectivity index (χ2v) is 7.64. The van der Waals surface area contributed by atoms with E-state index < -0.39 is 0 Å². The maximum absolute atomic E-state index is 5.51. The summed E-state index contributed by atoms with van der Waals surface area (Å²) in [5.41, 5.74) is 1.33. The zero-order valence-electron chi connectivity index (χ0n) is 27.4. The molecule has 5 heteroatoms. The molecule has 1 fully saturated rings. The van der Waals surface area contributed by atoms with Crippen LogP contribution < -0.4 is 9.64 Å². The number of nitrogens with zero attached hydrogens (tertiary/aromatic N) is 2. The molecule has 0 atom stereocenters. The van der Waals surface area contributed by atoms with Gasteiger partial charge in [0.15, 0.2) is 0 Å². The molecular formula is C34H64N2O3. The highest BCUT2D eigenvalue weighted by Crippen LogP contribution is 2.15. The van der Waals surface area contributed by atoms with Gasteiger partial charge in [0, 0.05) is 45.5 Å². The van der Waals surface area contributed by atoms with E-state index in [4.69, 9.17) is 14.2 Å². The highest BCUT2D eigenvalue weighted by Gasteiger charge is 2.16. The van der Waals surface area contributed by atoms with E-state index in [0.29, 0.717) is 13.2 Å². The maximum atomic E-state index is 5.51. The van der Waals surface area contributed by atoms with Gasteiger partial charge in [-0.15, -0.1) is 0 Å². The molecular weight excluding hydrogens is 484 g/mol. The van der Waals surface area contributed by atoms with Gasteiger partial charge in [0.25, 0.3) is 0 Å². The number of hydrogen-bond donors (Lipinski definition) is 0. The number of benzene rings is 2. The van der Waals surface area contributed by atoms with Crippen LogP contribution in [0.15, 0.2) is 60.7 Å². The van der Waals surface area contributed by atoms with Gasteiger partial charge < -0.3 is 19.1 Å². The Bertz CT molecular complexity index is 648. The summed E-state index contributed by atoms with van der Waals surface area (Å²) in [6.07, 6.45) is 3.66. The lowest BCUT2D eigenvalue weighted by Gasteiger charge is -2.36. The molecule has 0 bridgehead atoms. The molecule has 0 spiro atoms. The monoisotopic (exact) mass is 548 g/mol. The third-order valence-electron chi connectivity index (χ3n) is 5.24. The predicted molar refractivity (Wildman–Crippen MR) is 175 cm³/mol. The number of methoxy groups -OCH3 is 1. The average molecular weight is 549 g/mol. The summed E-state index contributed by atoms with van der Waals surface area (Å²) in [6, 6.07) is 20.6. The van der Waals surface area contributed by atoms with Crippen molar-refractivity contribution in [1.82, 2.24) is 4.90 Å². The van der Waals surface area contributed by atoms with Gasteiger partial charge in [0.2, 0.25) is 0 Å². The molecule has 1 saturated heterocycles. The number of rotatable bonds is 12. The summed E-state index contributed by atoms with van der Waals surface area (Å²) in [5, 5.41) is 0. The largest absolute Gasteiger partial charge is 0.494 e. The highest BCUT2D eigenvalue weighted by molar-refractivity contribution is 5.46. The second kappa shape index (κ2) is 35.9. The molecule has 1 aliphatic heterocycles. The minimum Gasteiger partial charge on any atom is -0.494 e. The Morgan fingerprint density at radius 2 is 1.15 bits per heavy atom. The van der Waals surface area contributed by atoms with Crippen molar-refractivity contribution < 1.29 is 14.2 Å². The zero-order chi connectivity index (χ0) is 30.0. The van der Waals surface area contributed by atoms with Crippen LogP contribution in [0.3, 0.4) is 0 Å². The Morgan fingerprint density at radius 3 is 1.67 bits per heavy atom. The molecule has 0 amide bonds. The number of unbranched alkanes of at least 4 members (excludes halogenated alkanes) is 2. The molecule has 1 aliphatic rings. The van der Waals surface area contributed by atoms with Gasteiger partial charge in [-0.2, -0.15) is 0 Å². The molecule has 0 aromatic heterocycles. The standard InChI is InChI=1S/C15H24N2O2.C11H16O.4C2H6/c1-18-13-14-19-12-11-16-7-9-17(10-8-16)15-5-3-2-4-6-15;1-2-3-7-10-12-11-8-5-4-6-9-11;4*1-2/h2-6H,7-14H2,1H3;4-6,8-9H,2-3,7,10H2,1H3;4*1-2H3. The lowest BCUT2D eigenvalue weighted by molar-refractivity contribution is 0.0563. The molecule has 0 N–H and O–H groups in total. The van der Waals surface area contributed by atoms with Crippen LogP contribution in [-0.2, 0) is 9.47 Å². The van der Waals surface area contributed by atoms with Crippen LogP contribution >= 0.6 is 0 Å². The van der Waals surface area contributed by atoms with E-state index in [1.807, 2.05) is 85.7 Å². The second-order valence-electron chi connectivity index (χ2n) is 7.64. The SMILES string of the molecule is CC.CC.CC.CC.CCCCCOc1ccccc1.COCCOCCN1CCN(c2ccccc2)CC1. The molecule has 5 nitrogen and oxygen atoms in total. The van der Waals surface area contributed by atoms with Crippen molar-refractivity contribution in [3.8, 4) is 5.75 Å². The Morgan fingerprint density at radius 1 is 0.615 bits per heavy atom. The van der Waals surface area contributed by atoms with Crippen molar-refractivity contribution in [1.29, 1.82) is 0 Å². The highest BCUT2D eigenvalue weighted by atomic mass is 16.5. The summed E-state index contributed by atoms with van der Waals surface area (Å²) in [4.78, 5) is 4.91. The van der Waals surface area contributed by atoms with Gasteiger partial charge >= 0.3 is 0 Å².